The molecule has 2 N–H and O–H groups in total. The second-order valence-corrected chi connectivity index (χ2v) is 4.78. The van der Waals surface area contributed by atoms with Crippen LogP contribution >= 0.6 is 0 Å². The van der Waals surface area contributed by atoms with Crippen LogP contribution in [0.4, 0.5) is 4.39 Å². The maximum atomic E-state index is 12.8. The van der Waals surface area contributed by atoms with Gasteiger partial charge in [-0.15, -0.1) is 0 Å². The summed E-state index contributed by atoms with van der Waals surface area (Å²) in [6.45, 7) is 0. The fourth-order valence-corrected chi connectivity index (χ4v) is 1.97. The first kappa shape index (κ1) is 14.6. The normalized spacial score (nSPS) is 10.8. The zero-order chi connectivity index (χ0) is 16.1. The molecule has 0 saturated heterocycles. The lowest BCUT2D eigenvalue weighted by molar-refractivity contribution is 0.0950. The monoisotopic (exact) mass is 308 g/mol. The lowest BCUT2D eigenvalue weighted by Gasteiger charge is -1.96. The van der Waals surface area contributed by atoms with Crippen molar-refractivity contribution in [3.05, 3.63) is 77.7 Å². The van der Waals surface area contributed by atoms with E-state index in [1.54, 1.807) is 18.2 Å². The van der Waals surface area contributed by atoms with Gasteiger partial charge in [0, 0.05) is 5.56 Å². The highest BCUT2D eigenvalue weighted by molar-refractivity contribution is 5.94. The minimum absolute atomic E-state index is 0.306. The summed E-state index contributed by atoms with van der Waals surface area (Å²) in [5.41, 5.74) is 4.97. The van der Waals surface area contributed by atoms with Crippen LogP contribution in [0, 0.1) is 5.82 Å². The molecular formula is C17H13FN4O. The first-order valence-corrected chi connectivity index (χ1v) is 6.92. The minimum atomic E-state index is -0.405. The third-order valence-corrected chi connectivity index (χ3v) is 3.14. The first-order chi connectivity index (χ1) is 11.2. The van der Waals surface area contributed by atoms with Crippen LogP contribution in [0.1, 0.15) is 16.1 Å². The summed E-state index contributed by atoms with van der Waals surface area (Å²) in [5, 5.41) is 10.6. The molecular weight excluding hydrogens is 295 g/mol. The number of amides is 1. The highest BCUT2D eigenvalue weighted by atomic mass is 19.1. The molecule has 0 spiro atoms. The largest absolute Gasteiger partial charge is 0.289 e. The molecule has 5 nitrogen and oxygen atoms in total. The number of hydrazone groups is 1. The Morgan fingerprint density at radius 3 is 2.61 bits per heavy atom. The van der Waals surface area contributed by atoms with Crippen molar-refractivity contribution in [2.45, 2.75) is 0 Å². The number of rotatable bonds is 4. The number of carbonyl (C=O) groups is 1. The Balaban J connectivity index is 1.65. The molecule has 0 saturated carbocycles. The van der Waals surface area contributed by atoms with Crippen LogP contribution in [-0.4, -0.2) is 22.3 Å². The summed E-state index contributed by atoms with van der Waals surface area (Å²) in [7, 11) is 0. The summed E-state index contributed by atoms with van der Waals surface area (Å²) in [6.07, 6.45) is 1.44. The molecule has 0 aliphatic rings. The van der Waals surface area contributed by atoms with Crippen LogP contribution < -0.4 is 5.43 Å². The van der Waals surface area contributed by atoms with Crippen molar-refractivity contribution in [3.63, 3.8) is 0 Å². The van der Waals surface area contributed by atoms with E-state index < -0.39 is 5.91 Å². The van der Waals surface area contributed by atoms with E-state index in [2.05, 4.69) is 20.7 Å². The number of carbonyl (C=O) groups excluding carboxylic acids is 1. The molecule has 0 bridgehead atoms. The second-order valence-electron chi connectivity index (χ2n) is 4.78. The maximum absolute atomic E-state index is 12.8. The van der Waals surface area contributed by atoms with Gasteiger partial charge in [0.25, 0.3) is 5.91 Å². The molecule has 3 aromatic rings. The quantitative estimate of drug-likeness (QED) is 0.574. The number of hydrogen-bond donors (Lipinski definition) is 2. The van der Waals surface area contributed by atoms with E-state index in [0.717, 1.165) is 5.56 Å². The van der Waals surface area contributed by atoms with E-state index in [0.29, 0.717) is 17.0 Å². The fraction of sp³-hybridized carbons (Fsp3) is 0. The van der Waals surface area contributed by atoms with Gasteiger partial charge in [-0.05, 0) is 23.8 Å². The predicted octanol–water partition coefficient (Wildman–Crippen LogP) is 2.98. The number of halogens is 1. The Labute approximate surface area is 131 Å². The smallest absolute Gasteiger partial charge is 0.272 e. The van der Waals surface area contributed by atoms with Gasteiger partial charge in [0.2, 0.25) is 0 Å². The molecule has 114 valence electrons. The lowest BCUT2D eigenvalue weighted by atomic mass is 10.1. The van der Waals surface area contributed by atoms with Gasteiger partial charge in [-0.1, -0.05) is 42.5 Å². The predicted molar refractivity (Wildman–Crippen MR) is 85.5 cm³/mol. The Bertz CT molecular complexity index is 825. The van der Waals surface area contributed by atoms with Crippen molar-refractivity contribution < 1.29 is 9.18 Å². The number of hydrogen-bond acceptors (Lipinski definition) is 3. The van der Waals surface area contributed by atoms with E-state index in [9.17, 15) is 9.18 Å². The molecule has 1 aromatic heterocycles. The lowest BCUT2D eigenvalue weighted by Crippen LogP contribution is -2.17. The highest BCUT2D eigenvalue weighted by Gasteiger charge is 2.09. The molecule has 2 aromatic carbocycles. The summed E-state index contributed by atoms with van der Waals surface area (Å²) in [4.78, 5) is 12.0. The van der Waals surface area contributed by atoms with Gasteiger partial charge in [0.15, 0.2) is 0 Å². The van der Waals surface area contributed by atoms with Crippen molar-refractivity contribution in [1.82, 2.24) is 15.6 Å². The summed E-state index contributed by atoms with van der Waals surface area (Å²) < 4.78 is 12.8. The van der Waals surface area contributed by atoms with Crippen LogP contribution in [0.5, 0.6) is 0 Å². The Hall–Kier alpha value is -3.28. The van der Waals surface area contributed by atoms with Gasteiger partial charge < -0.3 is 0 Å². The van der Waals surface area contributed by atoms with Gasteiger partial charge in [0.05, 0.1) is 11.9 Å². The van der Waals surface area contributed by atoms with E-state index in [-0.39, 0.29) is 5.82 Å². The van der Waals surface area contributed by atoms with Crippen LogP contribution in [0.15, 0.2) is 65.8 Å². The number of aromatic nitrogens is 2. The Morgan fingerprint density at radius 1 is 1.13 bits per heavy atom. The molecule has 0 aliphatic carbocycles. The van der Waals surface area contributed by atoms with E-state index in [1.807, 2.05) is 30.3 Å². The zero-order valence-corrected chi connectivity index (χ0v) is 12.0. The third-order valence-electron chi connectivity index (χ3n) is 3.14. The number of nitrogens with one attached hydrogen (secondary N) is 2. The van der Waals surface area contributed by atoms with Crippen molar-refractivity contribution in [3.8, 4) is 11.3 Å². The van der Waals surface area contributed by atoms with Gasteiger partial charge in [0.1, 0.15) is 11.5 Å². The summed E-state index contributed by atoms with van der Waals surface area (Å²) in [6, 6.07) is 17.0. The minimum Gasteiger partial charge on any atom is -0.272 e. The molecule has 0 atom stereocenters. The molecule has 0 radical (unpaired) electrons. The van der Waals surface area contributed by atoms with Crippen LogP contribution in [0.25, 0.3) is 11.3 Å². The summed E-state index contributed by atoms with van der Waals surface area (Å²) >= 11 is 0. The maximum Gasteiger partial charge on any atom is 0.289 e. The second kappa shape index (κ2) is 6.65. The van der Waals surface area contributed by atoms with Crippen molar-refractivity contribution >= 4 is 12.1 Å². The average Bonchev–Trinajstić information content (AvgIpc) is 3.07. The molecule has 1 heterocycles. The Kier molecular flexibility index (Phi) is 4.24. The molecule has 3 rings (SSSR count). The van der Waals surface area contributed by atoms with Gasteiger partial charge in [-0.2, -0.15) is 10.2 Å². The molecule has 0 fully saturated rings. The SMILES string of the molecule is O=C(NN=Cc1ccc(F)cc1)c1cc(-c2ccccc2)n[nH]1. The van der Waals surface area contributed by atoms with E-state index >= 15 is 0 Å². The van der Waals surface area contributed by atoms with E-state index in [4.69, 9.17) is 0 Å². The van der Waals surface area contributed by atoms with Crippen LogP contribution in [0.2, 0.25) is 0 Å². The average molecular weight is 308 g/mol. The molecule has 0 aliphatic heterocycles. The molecule has 23 heavy (non-hydrogen) atoms. The number of H-pyrrole nitrogens is 1. The molecule has 1 amide bonds. The highest BCUT2D eigenvalue weighted by Crippen LogP contribution is 2.16. The summed E-state index contributed by atoms with van der Waals surface area (Å²) in [5.74, 6) is -0.727. The topological polar surface area (TPSA) is 70.1 Å². The standard InChI is InChI=1S/C17H13FN4O/c18-14-8-6-12(7-9-14)11-19-22-17(23)16-10-15(20-21-16)13-4-2-1-3-5-13/h1-11H,(H,20,21)(H,22,23). The van der Waals surface area contributed by atoms with Gasteiger partial charge in [-0.3, -0.25) is 9.89 Å². The third kappa shape index (κ3) is 3.68. The number of aromatic amines is 1. The molecule has 0 unspecified atom stereocenters. The Morgan fingerprint density at radius 2 is 1.87 bits per heavy atom. The first-order valence-electron chi connectivity index (χ1n) is 6.92. The van der Waals surface area contributed by atoms with Crippen LogP contribution in [0.3, 0.4) is 0 Å². The van der Waals surface area contributed by atoms with Gasteiger partial charge >= 0.3 is 0 Å². The zero-order valence-electron chi connectivity index (χ0n) is 12.0. The van der Waals surface area contributed by atoms with Gasteiger partial charge in [-0.25, -0.2) is 9.82 Å². The number of benzene rings is 2. The number of nitrogens with zero attached hydrogens (tertiary/aromatic N) is 2. The molecule has 6 heteroatoms. The van der Waals surface area contributed by atoms with Crippen molar-refractivity contribution in [2.24, 2.45) is 5.10 Å². The van der Waals surface area contributed by atoms with Crippen molar-refractivity contribution in [1.29, 1.82) is 0 Å². The van der Waals surface area contributed by atoms with Crippen molar-refractivity contribution in [2.75, 3.05) is 0 Å². The van der Waals surface area contributed by atoms with E-state index in [1.165, 1.54) is 18.3 Å². The van der Waals surface area contributed by atoms with Crippen LogP contribution in [-0.2, 0) is 0 Å². The fourth-order valence-electron chi connectivity index (χ4n) is 1.97.